The van der Waals surface area contributed by atoms with E-state index in [0.29, 0.717) is 6.54 Å². The highest BCUT2D eigenvalue weighted by atomic mass is 19.3. The van der Waals surface area contributed by atoms with Crippen LogP contribution in [0.4, 0.5) is 8.78 Å². The molecule has 1 aliphatic rings. The maximum atomic E-state index is 12.6. The van der Waals surface area contributed by atoms with Crippen molar-refractivity contribution in [1.29, 1.82) is 0 Å². The fourth-order valence-corrected chi connectivity index (χ4v) is 2.57. The van der Waals surface area contributed by atoms with E-state index in [-0.39, 0.29) is 18.6 Å². The van der Waals surface area contributed by atoms with Crippen LogP contribution in [0.25, 0.3) is 0 Å². The first-order valence-electron chi connectivity index (χ1n) is 6.51. The van der Waals surface area contributed by atoms with E-state index in [0.717, 1.165) is 13.0 Å². The molecule has 1 aliphatic heterocycles. The fourth-order valence-electron chi connectivity index (χ4n) is 2.57. The predicted octanol–water partition coefficient (Wildman–Crippen LogP) is 2.68. The molecule has 1 heterocycles. The normalized spacial score (nSPS) is 25.6. The Balaban J connectivity index is 2.04. The van der Waals surface area contributed by atoms with Crippen molar-refractivity contribution in [2.75, 3.05) is 19.6 Å². The number of alkyl halides is 2. The van der Waals surface area contributed by atoms with Crippen LogP contribution >= 0.6 is 0 Å². The number of piperazine rings is 1. The van der Waals surface area contributed by atoms with Gasteiger partial charge in [-0.1, -0.05) is 37.3 Å². The molecular formula is C14H20F2N2. The molecule has 0 aliphatic carbocycles. The molecular weight excluding hydrogens is 234 g/mol. The van der Waals surface area contributed by atoms with Crippen LogP contribution in [0.1, 0.15) is 24.9 Å². The molecule has 1 fully saturated rings. The Bertz CT molecular complexity index is 356. The van der Waals surface area contributed by atoms with Gasteiger partial charge in [-0.15, -0.1) is 0 Å². The minimum atomic E-state index is -2.26. The molecule has 0 spiro atoms. The van der Waals surface area contributed by atoms with Gasteiger partial charge in [-0.05, 0) is 12.0 Å². The lowest BCUT2D eigenvalue weighted by Crippen LogP contribution is -2.53. The maximum absolute atomic E-state index is 12.6. The van der Waals surface area contributed by atoms with Gasteiger partial charge in [0.15, 0.2) is 0 Å². The summed E-state index contributed by atoms with van der Waals surface area (Å²) in [5.74, 6) is 0. The molecule has 1 N–H and O–H groups in total. The average Bonchev–Trinajstić information content (AvgIpc) is 2.39. The molecule has 2 nitrogen and oxygen atoms in total. The van der Waals surface area contributed by atoms with Gasteiger partial charge in [-0.2, -0.15) is 0 Å². The van der Waals surface area contributed by atoms with Crippen LogP contribution in [0.3, 0.4) is 0 Å². The van der Waals surface area contributed by atoms with Gasteiger partial charge >= 0.3 is 0 Å². The minimum absolute atomic E-state index is 0.122. The standard InChI is InChI=1S/C14H20F2N2/c1-2-12-8-17-13(9-18(12)10-14(15)16)11-6-4-3-5-7-11/h3-7,12-14,17H,2,8-10H2,1H3. The lowest BCUT2D eigenvalue weighted by atomic mass is 10.0. The molecule has 0 radical (unpaired) electrons. The van der Waals surface area contributed by atoms with E-state index in [4.69, 9.17) is 0 Å². The van der Waals surface area contributed by atoms with Crippen molar-refractivity contribution < 1.29 is 8.78 Å². The van der Waals surface area contributed by atoms with E-state index >= 15 is 0 Å². The smallest absolute Gasteiger partial charge is 0.251 e. The Morgan fingerprint density at radius 2 is 2.06 bits per heavy atom. The molecule has 18 heavy (non-hydrogen) atoms. The summed E-state index contributed by atoms with van der Waals surface area (Å²) in [5, 5.41) is 3.45. The van der Waals surface area contributed by atoms with Crippen molar-refractivity contribution in [2.24, 2.45) is 0 Å². The van der Waals surface area contributed by atoms with E-state index in [1.165, 1.54) is 5.56 Å². The van der Waals surface area contributed by atoms with Crippen molar-refractivity contribution in [3.05, 3.63) is 35.9 Å². The second kappa shape index (κ2) is 6.25. The van der Waals surface area contributed by atoms with E-state index in [1.54, 1.807) is 0 Å². The molecule has 2 unspecified atom stereocenters. The number of nitrogens with zero attached hydrogens (tertiary/aromatic N) is 1. The Hall–Kier alpha value is -1.00. The number of hydrogen-bond acceptors (Lipinski definition) is 2. The van der Waals surface area contributed by atoms with Crippen LogP contribution in [-0.4, -0.2) is 37.0 Å². The first kappa shape index (κ1) is 13.4. The van der Waals surface area contributed by atoms with E-state index in [2.05, 4.69) is 5.32 Å². The van der Waals surface area contributed by atoms with Crippen LogP contribution in [0.5, 0.6) is 0 Å². The zero-order chi connectivity index (χ0) is 13.0. The molecule has 1 saturated heterocycles. The lowest BCUT2D eigenvalue weighted by Gasteiger charge is -2.40. The van der Waals surface area contributed by atoms with Crippen LogP contribution in [0.15, 0.2) is 30.3 Å². The Labute approximate surface area is 107 Å². The maximum Gasteiger partial charge on any atom is 0.251 e. The fraction of sp³-hybridized carbons (Fsp3) is 0.571. The Kier molecular flexibility index (Phi) is 4.66. The van der Waals surface area contributed by atoms with E-state index in [1.807, 2.05) is 42.2 Å². The number of benzene rings is 1. The van der Waals surface area contributed by atoms with Crippen molar-refractivity contribution in [2.45, 2.75) is 31.9 Å². The SMILES string of the molecule is CCC1CNC(c2ccccc2)CN1CC(F)F. The summed E-state index contributed by atoms with van der Waals surface area (Å²) in [6, 6.07) is 10.4. The summed E-state index contributed by atoms with van der Waals surface area (Å²) >= 11 is 0. The van der Waals surface area contributed by atoms with Gasteiger partial charge in [0.25, 0.3) is 6.43 Å². The van der Waals surface area contributed by atoms with Gasteiger partial charge in [0.2, 0.25) is 0 Å². The van der Waals surface area contributed by atoms with E-state index in [9.17, 15) is 8.78 Å². The van der Waals surface area contributed by atoms with Gasteiger partial charge in [0, 0.05) is 25.2 Å². The highest BCUT2D eigenvalue weighted by Crippen LogP contribution is 2.21. The zero-order valence-corrected chi connectivity index (χ0v) is 10.7. The predicted molar refractivity (Wildman–Crippen MR) is 68.8 cm³/mol. The molecule has 2 atom stereocenters. The summed E-state index contributed by atoms with van der Waals surface area (Å²) in [4.78, 5) is 1.92. The molecule has 2 rings (SSSR count). The third-order valence-electron chi connectivity index (χ3n) is 3.58. The number of halogens is 2. The molecule has 4 heteroatoms. The molecule has 0 bridgehead atoms. The summed E-state index contributed by atoms with van der Waals surface area (Å²) in [7, 11) is 0. The topological polar surface area (TPSA) is 15.3 Å². The van der Waals surface area contributed by atoms with Crippen molar-refractivity contribution in [1.82, 2.24) is 10.2 Å². The molecule has 0 saturated carbocycles. The average molecular weight is 254 g/mol. The van der Waals surface area contributed by atoms with Crippen LogP contribution in [0, 0.1) is 0 Å². The Morgan fingerprint density at radius 3 is 2.67 bits per heavy atom. The van der Waals surface area contributed by atoms with Gasteiger partial charge in [-0.25, -0.2) is 8.78 Å². The van der Waals surface area contributed by atoms with Crippen LogP contribution in [-0.2, 0) is 0 Å². The van der Waals surface area contributed by atoms with Gasteiger partial charge in [-0.3, -0.25) is 4.90 Å². The van der Waals surface area contributed by atoms with Crippen LogP contribution < -0.4 is 5.32 Å². The largest absolute Gasteiger partial charge is 0.307 e. The van der Waals surface area contributed by atoms with E-state index < -0.39 is 6.43 Å². The number of hydrogen-bond donors (Lipinski definition) is 1. The zero-order valence-electron chi connectivity index (χ0n) is 10.7. The first-order chi connectivity index (χ1) is 8.70. The summed E-state index contributed by atoms with van der Waals surface area (Å²) in [5.41, 5.74) is 1.17. The highest BCUT2D eigenvalue weighted by Gasteiger charge is 2.29. The summed E-state index contributed by atoms with van der Waals surface area (Å²) in [6.07, 6.45) is -1.35. The summed E-state index contributed by atoms with van der Waals surface area (Å²) in [6.45, 7) is 3.37. The molecule has 0 aromatic heterocycles. The second-order valence-electron chi connectivity index (χ2n) is 4.78. The minimum Gasteiger partial charge on any atom is -0.307 e. The monoisotopic (exact) mass is 254 g/mol. The summed E-state index contributed by atoms with van der Waals surface area (Å²) < 4.78 is 25.2. The molecule has 100 valence electrons. The number of nitrogens with one attached hydrogen (secondary N) is 1. The van der Waals surface area contributed by atoms with Crippen molar-refractivity contribution >= 4 is 0 Å². The van der Waals surface area contributed by atoms with Crippen LogP contribution in [0.2, 0.25) is 0 Å². The lowest BCUT2D eigenvalue weighted by molar-refractivity contribution is 0.0416. The quantitative estimate of drug-likeness (QED) is 0.888. The molecule has 0 amide bonds. The molecule has 1 aromatic carbocycles. The van der Waals surface area contributed by atoms with Gasteiger partial charge < -0.3 is 5.32 Å². The second-order valence-corrected chi connectivity index (χ2v) is 4.78. The van der Waals surface area contributed by atoms with Crippen molar-refractivity contribution in [3.8, 4) is 0 Å². The molecule has 1 aromatic rings. The Morgan fingerprint density at radius 1 is 1.33 bits per heavy atom. The van der Waals surface area contributed by atoms with Crippen molar-refractivity contribution in [3.63, 3.8) is 0 Å². The number of rotatable bonds is 4. The first-order valence-corrected chi connectivity index (χ1v) is 6.51. The highest BCUT2D eigenvalue weighted by molar-refractivity contribution is 5.20. The van der Waals surface area contributed by atoms with Gasteiger partial charge in [0.1, 0.15) is 0 Å². The third kappa shape index (κ3) is 3.27. The van der Waals surface area contributed by atoms with Gasteiger partial charge in [0.05, 0.1) is 6.54 Å². The third-order valence-corrected chi connectivity index (χ3v) is 3.58.